The molecule has 0 radical (unpaired) electrons. The number of ether oxygens (including phenoxy) is 1. The molecule has 0 aliphatic carbocycles. The van der Waals surface area contributed by atoms with Crippen LogP contribution >= 0.6 is 0 Å². The van der Waals surface area contributed by atoms with E-state index >= 15 is 0 Å². The molecule has 0 saturated carbocycles. The molecule has 1 aromatic rings. The van der Waals surface area contributed by atoms with E-state index in [2.05, 4.69) is 0 Å². The Hall–Kier alpha value is -1.44. The first-order valence-corrected chi connectivity index (χ1v) is 4.15. The summed E-state index contributed by atoms with van der Waals surface area (Å²) in [5.41, 5.74) is 1.97. The summed E-state index contributed by atoms with van der Waals surface area (Å²) in [6, 6.07) is 5.27. The van der Waals surface area contributed by atoms with Gasteiger partial charge in [0.2, 0.25) is 0 Å². The lowest BCUT2D eigenvalue weighted by molar-refractivity contribution is 0.407. The van der Waals surface area contributed by atoms with Crippen molar-refractivity contribution in [2.75, 3.05) is 7.11 Å². The van der Waals surface area contributed by atoms with E-state index in [0.717, 1.165) is 11.1 Å². The molecule has 2 nitrogen and oxygen atoms in total. The molecule has 0 amide bonds. The van der Waals surface area contributed by atoms with Gasteiger partial charge in [0.05, 0.1) is 7.11 Å². The van der Waals surface area contributed by atoms with Crippen LogP contribution in [-0.4, -0.2) is 12.2 Å². The second-order valence-electron chi connectivity index (χ2n) is 3.15. The molecule has 0 aromatic heterocycles. The Labute approximate surface area is 78.5 Å². The van der Waals surface area contributed by atoms with Gasteiger partial charge in [0.15, 0.2) is 0 Å². The van der Waals surface area contributed by atoms with Gasteiger partial charge < -0.3 is 9.84 Å². The van der Waals surface area contributed by atoms with Crippen LogP contribution in [0.2, 0.25) is 0 Å². The first kappa shape index (κ1) is 9.65. The third-order valence-electron chi connectivity index (χ3n) is 1.68. The summed E-state index contributed by atoms with van der Waals surface area (Å²) in [7, 11) is 1.58. The summed E-state index contributed by atoms with van der Waals surface area (Å²) in [4.78, 5) is 0. The molecule has 1 rings (SSSR count). The molecule has 0 aliphatic heterocycles. The van der Waals surface area contributed by atoms with Crippen LogP contribution in [0.3, 0.4) is 0 Å². The topological polar surface area (TPSA) is 29.5 Å². The van der Waals surface area contributed by atoms with Crippen molar-refractivity contribution in [2.45, 2.75) is 13.8 Å². The number of hydrogen-bond acceptors (Lipinski definition) is 2. The monoisotopic (exact) mass is 178 g/mol. The van der Waals surface area contributed by atoms with Crippen molar-refractivity contribution in [3.8, 4) is 11.5 Å². The Bertz CT molecular complexity index is 323. The highest BCUT2D eigenvalue weighted by Gasteiger charge is 1.99. The molecule has 0 aliphatic rings. The molecular weight excluding hydrogens is 164 g/mol. The van der Waals surface area contributed by atoms with E-state index in [4.69, 9.17) is 4.74 Å². The number of allylic oxidation sites excluding steroid dienone is 1. The Kier molecular flexibility index (Phi) is 2.96. The molecule has 0 spiro atoms. The van der Waals surface area contributed by atoms with Crippen molar-refractivity contribution in [3.63, 3.8) is 0 Å². The Morgan fingerprint density at radius 2 is 2.08 bits per heavy atom. The van der Waals surface area contributed by atoms with Crippen LogP contribution in [0.4, 0.5) is 0 Å². The first-order chi connectivity index (χ1) is 6.13. The highest BCUT2D eigenvalue weighted by molar-refractivity contribution is 5.60. The van der Waals surface area contributed by atoms with Crippen LogP contribution in [0.25, 0.3) is 6.08 Å². The van der Waals surface area contributed by atoms with E-state index in [-0.39, 0.29) is 5.75 Å². The first-order valence-electron chi connectivity index (χ1n) is 4.15. The Morgan fingerprint density at radius 1 is 1.38 bits per heavy atom. The zero-order chi connectivity index (χ0) is 9.84. The third kappa shape index (κ3) is 2.51. The number of hydrogen-bond donors (Lipinski definition) is 1. The minimum Gasteiger partial charge on any atom is -0.507 e. The highest BCUT2D eigenvalue weighted by atomic mass is 16.5. The molecule has 0 unspecified atom stereocenters. The van der Waals surface area contributed by atoms with Gasteiger partial charge in [-0.1, -0.05) is 11.6 Å². The largest absolute Gasteiger partial charge is 0.507 e. The minimum absolute atomic E-state index is 0.251. The number of methoxy groups -OCH3 is 1. The van der Waals surface area contributed by atoms with Crippen molar-refractivity contribution in [1.82, 2.24) is 0 Å². The zero-order valence-corrected chi connectivity index (χ0v) is 8.16. The molecule has 0 bridgehead atoms. The smallest absolute Gasteiger partial charge is 0.126 e. The van der Waals surface area contributed by atoms with E-state index in [0.29, 0.717) is 5.75 Å². The lowest BCUT2D eigenvalue weighted by Crippen LogP contribution is -1.83. The van der Waals surface area contributed by atoms with Crippen LogP contribution in [-0.2, 0) is 0 Å². The van der Waals surface area contributed by atoms with Gasteiger partial charge in [0.1, 0.15) is 11.5 Å². The standard InChI is InChI=1S/C11H14O2/c1-8(2)6-9-4-5-10(13-3)7-11(9)12/h4-7,12H,1-3H3. The van der Waals surface area contributed by atoms with Crippen molar-refractivity contribution in [3.05, 3.63) is 29.3 Å². The van der Waals surface area contributed by atoms with E-state index in [9.17, 15) is 5.11 Å². The zero-order valence-electron chi connectivity index (χ0n) is 8.16. The summed E-state index contributed by atoms with van der Waals surface area (Å²) in [5, 5.41) is 9.55. The number of phenolic OH excluding ortho intramolecular Hbond substituents is 1. The van der Waals surface area contributed by atoms with E-state index in [1.165, 1.54) is 0 Å². The molecule has 0 atom stereocenters. The molecule has 2 heteroatoms. The van der Waals surface area contributed by atoms with Gasteiger partial charge in [0, 0.05) is 11.6 Å². The average molecular weight is 178 g/mol. The number of aromatic hydroxyl groups is 1. The van der Waals surface area contributed by atoms with Gasteiger partial charge in [0.25, 0.3) is 0 Å². The maximum Gasteiger partial charge on any atom is 0.126 e. The fourth-order valence-electron chi connectivity index (χ4n) is 1.08. The van der Waals surface area contributed by atoms with Crippen molar-refractivity contribution in [2.24, 2.45) is 0 Å². The maximum atomic E-state index is 9.55. The SMILES string of the molecule is COc1ccc(C=C(C)C)c(O)c1. The summed E-state index contributed by atoms with van der Waals surface area (Å²) < 4.78 is 4.97. The molecule has 70 valence electrons. The van der Waals surface area contributed by atoms with Crippen LogP contribution in [0.15, 0.2) is 23.8 Å². The molecule has 0 heterocycles. The fraction of sp³-hybridized carbons (Fsp3) is 0.273. The van der Waals surface area contributed by atoms with Gasteiger partial charge in [-0.25, -0.2) is 0 Å². The van der Waals surface area contributed by atoms with E-state index in [1.807, 2.05) is 32.1 Å². The van der Waals surface area contributed by atoms with Crippen LogP contribution < -0.4 is 4.74 Å². The fourth-order valence-corrected chi connectivity index (χ4v) is 1.08. The van der Waals surface area contributed by atoms with Gasteiger partial charge in [-0.2, -0.15) is 0 Å². The molecule has 13 heavy (non-hydrogen) atoms. The number of benzene rings is 1. The van der Waals surface area contributed by atoms with Crippen LogP contribution in [0.5, 0.6) is 11.5 Å². The molecule has 0 fully saturated rings. The second kappa shape index (κ2) is 3.99. The van der Waals surface area contributed by atoms with Gasteiger partial charge in [-0.15, -0.1) is 0 Å². The summed E-state index contributed by atoms with van der Waals surface area (Å²) in [6.07, 6.45) is 1.93. The van der Waals surface area contributed by atoms with Gasteiger partial charge in [-0.05, 0) is 26.0 Å². The molecule has 0 saturated heterocycles. The lowest BCUT2D eigenvalue weighted by Gasteiger charge is -2.03. The average Bonchev–Trinajstić information content (AvgIpc) is 2.08. The third-order valence-corrected chi connectivity index (χ3v) is 1.68. The Morgan fingerprint density at radius 3 is 2.54 bits per heavy atom. The predicted molar refractivity (Wildman–Crippen MR) is 54.0 cm³/mol. The quantitative estimate of drug-likeness (QED) is 0.754. The van der Waals surface area contributed by atoms with Gasteiger partial charge >= 0.3 is 0 Å². The van der Waals surface area contributed by atoms with Crippen molar-refractivity contribution >= 4 is 6.08 Å². The van der Waals surface area contributed by atoms with Crippen molar-refractivity contribution < 1.29 is 9.84 Å². The predicted octanol–water partition coefficient (Wildman–Crippen LogP) is 2.82. The number of phenols is 1. The maximum absolute atomic E-state index is 9.55. The van der Waals surface area contributed by atoms with E-state index in [1.54, 1.807) is 13.2 Å². The summed E-state index contributed by atoms with van der Waals surface area (Å²) in [6.45, 7) is 3.98. The molecule has 1 N–H and O–H groups in total. The normalized spacial score (nSPS) is 9.46. The van der Waals surface area contributed by atoms with Gasteiger partial charge in [-0.3, -0.25) is 0 Å². The second-order valence-corrected chi connectivity index (χ2v) is 3.15. The van der Waals surface area contributed by atoms with Crippen molar-refractivity contribution in [1.29, 1.82) is 0 Å². The Balaban J connectivity index is 3.05. The number of rotatable bonds is 2. The molecular formula is C11H14O2. The highest BCUT2D eigenvalue weighted by Crippen LogP contribution is 2.25. The minimum atomic E-state index is 0.251. The van der Waals surface area contributed by atoms with Crippen LogP contribution in [0, 0.1) is 0 Å². The lowest BCUT2D eigenvalue weighted by atomic mass is 10.1. The van der Waals surface area contributed by atoms with Crippen LogP contribution in [0.1, 0.15) is 19.4 Å². The van der Waals surface area contributed by atoms with E-state index < -0.39 is 0 Å². The molecule has 1 aromatic carbocycles. The summed E-state index contributed by atoms with van der Waals surface area (Å²) >= 11 is 0. The summed E-state index contributed by atoms with van der Waals surface area (Å²) in [5.74, 6) is 0.920.